The summed E-state index contributed by atoms with van der Waals surface area (Å²) in [5.41, 5.74) is 2.70. The molecular weight excluding hydrogens is 420 g/mol. The minimum absolute atomic E-state index is 0.0182. The van der Waals surface area contributed by atoms with Gasteiger partial charge in [0.15, 0.2) is 5.75 Å². The van der Waals surface area contributed by atoms with Gasteiger partial charge in [0, 0.05) is 5.41 Å². The zero-order chi connectivity index (χ0) is 22.1. The SMILES string of the molecule is CC1OB(c2ccc(C(C)(C)c3cc(Cl)c(OCCCl)c(C#N)c3)cc2)OC1(C)C. The minimum atomic E-state index is -0.372. The predicted molar refractivity (Wildman–Crippen MR) is 122 cm³/mol. The average Bonchev–Trinajstić information content (AvgIpc) is 2.99. The van der Waals surface area contributed by atoms with E-state index < -0.39 is 0 Å². The van der Waals surface area contributed by atoms with Crippen molar-refractivity contribution in [1.29, 1.82) is 5.26 Å². The lowest BCUT2D eigenvalue weighted by Gasteiger charge is -2.27. The standard InChI is InChI=1S/C23H26BCl2NO3/c1-15-23(4,5)30-24(29-15)19-8-6-17(7-9-19)22(2,3)18-12-16(14-27)21(20(26)13-18)28-11-10-25/h6-9,12-13,15H,10-11H2,1-5H3. The van der Waals surface area contributed by atoms with Crippen molar-refractivity contribution < 1.29 is 14.0 Å². The maximum atomic E-state index is 9.57. The summed E-state index contributed by atoms with van der Waals surface area (Å²) < 4.78 is 17.6. The highest BCUT2D eigenvalue weighted by atomic mass is 35.5. The molecule has 0 aromatic heterocycles. The van der Waals surface area contributed by atoms with Crippen LogP contribution in [0.25, 0.3) is 0 Å². The monoisotopic (exact) mass is 445 g/mol. The van der Waals surface area contributed by atoms with E-state index >= 15 is 0 Å². The van der Waals surface area contributed by atoms with Gasteiger partial charge >= 0.3 is 7.12 Å². The van der Waals surface area contributed by atoms with Gasteiger partial charge in [-0.15, -0.1) is 11.6 Å². The fourth-order valence-corrected chi connectivity index (χ4v) is 3.79. The van der Waals surface area contributed by atoms with E-state index in [0.29, 0.717) is 28.8 Å². The van der Waals surface area contributed by atoms with Crippen LogP contribution >= 0.6 is 23.2 Å². The molecule has 1 fully saturated rings. The third kappa shape index (κ3) is 4.48. The number of hydrogen-bond acceptors (Lipinski definition) is 4. The molecule has 4 nitrogen and oxygen atoms in total. The van der Waals surface area contributed by atoms with Gasteiger partial charge in [-0.2, -0.15) is 5.26 Å². The number of ether oxygens (including phenoxy) is 1. The highest BCUT2D eigenvalue weighted by molar-refractivity contribution is 6.62. The zero-order valence-corrected chi connectivity index (χ0v) is 19.5. The Morgan fingerprint density at radius 3 is 2.40 bits per heavy atom. The van der Waals surface area contributed by atoms with Gasteiger partial charge in [-0.25, -0.2) is 0 Å². The van der Waals surface area contributed by atoms with Gasteiger partial charge in [0.1, 0.15) is 12.7 Å². The Morgan fingerprint density at radius 1 is 1.20 bits per heavy atom. The van der Waals surface area contributed by atoms with E-state index in [1.54, 1.807) is 0 Å². The van der Waals surface area contributed by atoms with Gasteiger partial charge in [0.05, 0.1) is 28.2 Å². The van der Waals surface area contributed by atoms with Gasteiger partial charge in [-0.3, -0.25) is 0 Å². The quantitative estimate of drug-likeness (QED) is 0.460. The van der Waals surface area contributed by atoms with Crippen LogP contribution in [0.2, 0.25) is 5.02 Å². The van der Waals surface area contributed by atoms with Crippen LogP contribution in [0, 0.1) is 11.3 Å². The van der Waals surface area contributed by atoms with Gasteiger partial charge < -0.3 is 14.0 Å². The average molecular weight is 446 g/mol. The first kappa shape index (κ1) is 23.0. The lowest BCUT2D eigenvalue weighted by molar-refractivity contribution is 0.0842. The fraction of sp³-hybridized carbons (Fsp3) is 0.435. The molecule has 1 heterocycles. The summed E-state index contributed by atoms with van der Waals surface area (Å²) in [6.07, 6.45) is 0.0182. The van der Waals surface area contributed by atoms with Crippen molar-refractivity contribution in [3.8, 4) is 11.8 Å². The van der Waals surface area contributed by atoms with E-state index in [1.807, 2.05) is 45.0 Å². The Balaban J connectivity index is 1.89. The highest BCUT2D eigenvalue weighted by Gasteiger charge is 2.43. The molecule has 0 radical (unpaired) electrons. The van der Waals surface area contributed by atoms with Crippen LogP contribution in [-0.4, -0.2) is 31.3 Å². The molecule has 1 saturated heterocycles. The van der Waals surface area contributed by atoms with Gasteiger partial charge in [-0.1, -0.05) is 49.7 Å². The summed E-state index contributed by atoms with van der Waals surface area (Å²) in [5.74, 6) is 0.701. The first-order valence-corrected chi connectivity index (χ1v) is 10.9. The summed E-state index contributed by atoms with van der Waals surface area (Å²) >= 11 is 12.1. The zero-order valence-electron chi connectivity index (χ0n) is 18.0. The lowest BCUT2D eigenvalue weighted by Crippen LogP contribution is -2.35. The Morgan fingerprint density at radius 2 is 1.87 bits per heavy atom. The summed E-state index contributed by atoms with van der Waals surface area (Å²) in [7, 11) is -0.370. The minimum Gasteiger partial charge on any atom is -0.489 e. The molecule has 3 rings (SSSR count). The second-order valence-electron chi connectivity index (χ2n) is 8.56. The molecule has 1 atom stereocenters. The first-order chi connectivity index (χ1) is 14.1. The molecular formula is C23H26BCl2NO3. The van der Waals surface area contributed by atoms with E-state index in [9.17, 15) is 5.26 Å². The molecule has 30 heavy (non-hydrogen) atoms. The van der Waals surface area contributed by atoms with E-state index in [4.69, 9.17) is 37.2 Å². The van der Waals surface area contributed by atoms with E-state index in [-0.39, 0.29) is 24.2 Å². The smallest absolute Gasteiger partial charge is 0.489 e. The summed E-state index contributed by atoms with van der Waals surface area (Å²) in [4.78, 5) is 0. The molecule has 0 bridgehead atoms. The number of halogens is 2. The van der Waals surface area contributed by atoms with Crippen LogP contribution in [0.5, 0.6) is 5.75 Å². The molecule has 1 unspecified atom stereocenters. The van der Waals surface area contributed by atoms with Crippen LogP contribution in [-0.2, 0) is 14.7 Å². The van der Waals surface area contributed by atoms with Gasteiger partial charge in [0.25, 0.3) is 0 Å². The van der Waals surface area contributed by atoms with E-state index in [1.165, 1.54) is 0 Å². The van der Waals surface area contributed by atoms with Crippen molar-refractivity contribution in [1.82, 2.24) is 0 Å². The summed E-state index contributed by atoms with van der Waals surface area (Å²) in [6.45, 7) is 10.6. The molecule has 158 valence electrons. The summed E-state index contributed by atoms with van der Waals surface area (Å²) in [6, 6.07) is 14.1. The van der Waals surface area contributed by atoms with Crippen LogP contribution in [0.1, 0.15) is 51.3 Å². The fourth-order valence-electron chi connectivity index (χ4n) is 3.44. The van der Waals surface area contributed by atoms with Gasteiger partial charge in [-0.05, 0) is 49.5 Å². The summed E-state index contributed by atoms with van der Waals surface area (Å²) in [5, 5.41) is 9.98. The first-order valence-electron chi connectivity index (χ1n) is 9.96. The lowest BCUT2D eigenvalue weighted by atomic mass is 9.74. The number of nitriles is 1. The Labute approximate surface area is 189 Å². The number of nitrogens with zero attached hydrogens (tertiary/aromatic N) is 1. The van der Waals surface area contributed by atoms with Crippen LogP contribution < -0.4 is 10.2 Å². The maximum absolute atomic E-state index is 9.57. The number of hydrogen-bond donors (Lipinski definition) is 0. The highest BCUT2D eigenvalue weighted by Crippen LogP contribution is 2.38. The Bertz CT molecular complexity index is 954. The molecule has 0 aliphatic carbocycles. The van der Waals surface area contributed by atoms with Crippen molar-refractivity contribution in [2.45, 2.75) is 51.7 Å². The van der Waals surface area contributed by atoms with Crippen LogP contribution in [0.3, 0.4) is 0 Å². The maximum Gasteiger partial charge on any atom is 0.494 e. The molecule has 0 saturated carbocycles. The van der Waals surface area contributed by atoms with Crippen molar-refractivity contribution in [2.75, 3.05) is 12.5 Å². The third-order valence-corrected chi connectivity index (χ3v) is 6.27. The van der Waals surface area contributed by atoms with Crippen molar-refractivity contribution in [2.24, 2.45) is 0 Å². The molecule has 2 aromatic rings. The molecule has 7 heteroatoms. The van der Waals surface area contributed by atoms with Crippen molar-refractivity contribution in [3.63, 3.8) is 0 Å². The molecule has 0 N–H and O–H groups in total. The second-order valence-corrected chi connectivity index (χ2v) is 9.35. The molecule has 2 aromatic carbocycles. The van der Waals surface area contributed by atoms with Gasteiger partial charge in [0.2, 0.25) is 0 Å². The Hall–Kier alpha value is -1.71. The van der Waals surface area contributed by atoms with Crippen molar-refractivity contribution in [3.05, 3.63) is 58.1 Å². The number of benzene rings is 2. The molecule has 0 spiro atoms. The second kappa shape index (κ2) is 8.81. The van der Waals surface area contributed by atoms with E-state index in [2.05, 4.69) is 32.0 Å². The Kier molecular flexibility index (Phi) is 6.74. The number of rotatable bonds is 6. The number of alkyl halides is 1. The van der Waals surface area contributed by atoms with Crippen LogP contribution in [0.15, 0.2) is 36.4 Å². The molecule has 1 aliphatic rings. The largest absolute Gasteiger partial charge is 0.494 e. The predicted octanol–water partition coefficient (Wildman–Crippen LogP) is 5.06. The topological polar surface area (TPSA) is 51.5 Å². The third-order valence-electron chi connectivity index (χ3n) is 5.83. The molecule has 0 amide bonds. The van der Waals surface area contributed by atoms with Crippen molar-refractivity contribution >= 4 is 35.8 Å². The normalized spacial score (nSPS) is 18.3. The molecule has 1 aliphatic heterocycles. The van der Waals surface area contributed by atoms with Crippen LogP contribution in [0.4, 0.5) is 0 Å². The van der Waals surface area contributed by atoms with E-state index in [0.717, 1.165) is 16.6 Å².